The number of amides is 2. The van der Waals surface area contributed by atoms with Crippen LogP contribution in [0.15, 0.2) is 24.3 Å². The highest BCUT2D eigenvalue weighted by molar-refractivity contribution is 5.92. The van der Waals surface area contributed by atoms with Crippen LogP contribution >= 0.6 is 0 Å². The molecular formula is C17H27N3O2. The lowest BCUT2D eigenvalue weighted by Crippen LogP contribution is -2.47. The third-order valence-corrected chi connectivity index (χ3v) is 3.03. The highest BCUT2D eigenvalue weighted by atomic mass is 16.2. The predicted octanol–water partition coefficient (Wildman–Crippen LogP) is 2.17. The van der Waals surface area contributed by atoms with E-state index < -0.39 is 0 Å². The molecule has 1 aromatic carbocycles. The number of carbonyl (C=O) groups is 2. The third kappa shape index (κ3) is 7.22. The van der Waals surface area contributed by atoms with Crippen LogP contribution < -0.4 is 10.6 Å². The molecular weight excluding hydrogens is 278 g/mol. The molecule has 0 saturated heterocycles. The summed E-state index contributed by atoms with van der Waals surface area (Å²) in [4.78, 5) is 25.8. The standard InChI is InChI=1S/C17H27N3O2/c1-6-20(12-16(22)19-17(3,4)5)11-15(21)18-14-9-7-13(2)8-10-14/h7-10H,6,11-12H2,1-5H3,(H,18,21)(H,19,22). The zero-order valence-electron chi connectivity index (χ0n) is 14.2. The molecule has 0 aliphatic rings. The summed E-state index contributed by atoms with van der Waals surface area (Å²) < 4.78 is 0. The van der Waals surface area contributed by atoms with Gasteiger partial charge in [-0.25, -0.2) is 0 Å². The van der Waals surface area contributed by atoms with Gasteiger partial charge in [-0.05, 0) is 46.4 Å². The number of rotatable bonds is 6. The Kier molecular flexibility index (Phi) is 6.56. The maximum Gasteiger partial charge on any atom is 0.238 e. The summed E-state index contributed by atoms with van der Waals surface area (Å²) in [6.07, 6.45) is 0. The smallest absolute Gasteiger partial charge is 0.238 e. The number of hydrogen-bond donors (Lipinski definition) is 2. The summed E-state index contributed by atoms with van der Waals surface area (Å²) in [6.45, 7) is 10.8. The van der Waals surface area contributed by atoms with Crippen molar-refractivity contribution >= 4 is 17.5 Å². The van der Waals surface area contributed by atoms with Crippen molar-refractivity contribution in [2.75, 3.05) is 25.0 Å². The van der Waals surface area contributed by atoms with E-state index in [1.54, 1.807) is 0 Å². The summed E-state index contributed by atoms with van der Waals surface area (Å²) in [5.74, 6) is -0.188. The SMILES string of the molecule is CCN(CC(=O)Nc1ccc(C)cc1)CC(=O)NC(C)(C)C. The van der Waals surface area contributed by atoms with Crippen molar-refractivity contribution in [1.29, 1.82) is 0 Å². The Balaban J connectivity index is 2.49. The second kappa shape index (κ2) is 7.94. The summed E-state index contributed by atoms with van der Waals surface area (Å²) in [5.41, 5.74) is 1.65. The van der Waals surface area contributed by atoms with Gasteiger partial charge < -0.3 is 10.6 Å². The van der Waals surface area contributed by atoms with Crippen molar-refractivity contribution in [3.05, 3.63) is 29.8 Å². The van der Waals surface area contributed by atoms with Crippen molar-refractivity contribution in [3.63, 3.8) is 0 Å². The topological polar surface area (TPSA) is 61.4 Å². The molecule has 0 fully saturated rings. The minimum absolute atomic E-state index is 0.0718. The first-order chi connectivity index (χ1) is 10.2. The largest absolute Gasteiger partial charge is 0.350 e. The maximum absolute atomic E-state index is 12.0. The fourth-order valence-corrected chi connectivity index (χ4v) is 1.98. The predicted molar refractivity (Wildman–Crippen MR) is 89.8 cm³/mol. The molecule has 0 aliphatic carbocycles. The zero-order chi connectivity index (χ0) is 16.8. The molecule has 0 aliphatic heterocycles. The van der Waals surface area contributed by atoms with Crippen molar-refractivity contribution in [2.45, 2.75) is 40.2 Å². The van der Waals surface area contributed by atoms with Gasteiger partial charge in [0, 0.05) is 11.2 Å². The highest BCUT2D eigenvalue weighted by Gasteiger charge is 2.17. The van der Waals surface area contributed by atoms with Crippen LogP contribution in [-0.2, 0) is 9.59 Å². The van der Waals surface area contributed by atoms with E-state index in [2.05, 4.69) is 10.6 Å². The number of hydrogen-bond acceptors (Lipinski definition) is 3. The maximum atomic E-state index is 12.0. The van der Waals surface area contributed by atoms with Crippen molar-refractivity contribution in [2.24, 2.45) is 0 Å². The molecule has 0 bridgehead atoms. The second-order valence-corrected chi connectivity index (χ2v) is 6.52. The molecule has 0 radical (unpaired) electrons. The van der Waals surface area contributed by atoms with E-state index in [0.29, 0.717) is 6.54 Å². The second-order valence-electron chi connectivity index (χ2n) is 6.52. The number of nitrogens with zero attached hydrogens (tertiary/aromatic N) is 1. The van der Waals surface area contributed by atoms with E-state index in [1.807, 2.05) is 63.8 Å². The van der Waals surface area contributed by atoms with Crippen LogP contribution in [0.3, 0.4) is 0 Å². The van der Waals surface area contributed by atoms with Crippen molar-refractivity contribution in [1.82, 2.24) is 10.2 Å². The molecule has 5 nitrogen and oxygen atoms in total. The van der Waals surface area contributed by atoms with Crippen LogP contribution in [0.4, 0.5) is 5.69 Å². The monoisotopic (exact) mass is 305 g/mol. The quantitative estimate of drug-likeness (QED) is 0.847. The molecule has 1 aromatic rings. The molecule has 122 valence electrons. The molecule has 2 N–H and O–H groups in total. The number of likely N-dealkylation sites (N-methyl/N-ethyl adjacent to an activating group) is 1. The normalized spacial score (nSPS) is 11.4. The molecule has 0 aromatic heterocycles. The first kappa shape index (κ1) is 18.2. The van der Waals surface area contributed by atoms with Gasteiger partial charge in [0.25, 0.3) is 0 Å². The average molecular weight is 305 g/mol. The van der Waals surface area contributed by atoms with E-state index in [0.717, 1.165) is 11.3 Å². The molecule has 0 unspecified atom stereocenters. The average Bonchev–Trinajstić information content (AvgIpc) is 2.38. The van der Waals surface area contributed by atoms with Gasteiger partial charge in [-0.2, -0.15) is 0 Å². The summed E-state index contributed by atoms with van der Waals surface area (Å²) >= 11 is 0. The fourth-order valence-electron chi connectivity index (χ4n) is 1.98. The van der Waals surface area contributed by atoms with E-state index in [4.69, 9.17) is 0 Å². The molecule has 0 heterocycles. The van der Waals surface area contributed by atoms with Crippen molar-refractivity contribution in [3.8, 4) is 0 Å². The molecule has 0 atom stereocenters. The van der Waals surface area contributed by atoms with Crippen LogP contribution in [0.2, 0.25) is 0 Å². The summed E-state index contributed by atoms with van der Waals surface area (Å²) in [7, 11) is 0. The lowest BCUT2D eigenvalue weighted by atomic mass is 10.1. The lowest BCUT2D eigenvalue weighted by Gasteiger charge is -2.24. The minimum atomic E-state index is -0.263. The van der Waals surface area contributed by atoms with Gasteiger partial charge in [0.15, 0.2) is 0 Å². The Labute approximate surface area is 133 Å². The van der Waals surface area contributed by atoms with E-state index >= 15 is 0 Å². The van der Waals surface area contributed by atoms with Gasteiger partial charge in [-0.3, -0.25) is 14.5 Å². The molecule has 0 saturated carbocycles. The highest BCUT2D eigenvalue weighted by Crippen LogP contribution is 2.08. The van der Waals surface area contributed by atoms with Gasteiger partial charge in [-0.15, -0.1) is 0 Å². The van der Waals surface area contributed by atoms with Crippen LogP contribution in [0.1, 0.15) is 33.3 Å². The Morgan fingerprint density at radius 2 is 1.59 bits per heavy atom. The molecule has 2 amide bonds. The Bertz CT molecular complexity index is 504. The Morgan fingerprint density at radius 1 is 1.05 bits per heavy atom. The number of aryl methyl sites for hydroxylation is 1. The van der Waals surface area contributed by atoms with Gasteiger partial charge in [0.1, 0.15) is 0 Å². The lowest BCUT2D eigenvalue weighted by molar-refractivity contribution is -0.124. The molecule has 22 heavy (non-hydrogen) atoms. The molecule has 0 spiro atoms. The van der Waals surface area contributed by atoms with E-state index in [-0.39, 0.29) is 30.4 Å². The van der Waals surface area contributed by atoms with Gasteiger partial charge in [0.2, 0.25) is 11.8 Å². The number of nitrogens with one attached hydrogen (secondary N) is 2. The van der Waals surface area contributed by atoms with Crippen LogP contribution in [0.5, 0.6) is 0 Å². The Hall–Kier alpha value is -1.88. The number of benzene rings is 1. The first-order valence-corrected chi connectivity index (χ1v) is 7.59. The summed E-state index contributed by atoms with van der Waals surface area (Å²) in [6, 6.07) is 7.64. The first-order valence-electron chi connectivity index (χ1n) is 7.59. The van der Waals surface area contributed by atoms with E-state index in [9.17, 15) is 9.59 Å². The fraction of sp³-hybridized carbons (Fsp3) is 0.529. The van der Waals surface area contributed by atoms with Crippen LogP contribution in [-0.4, -0.2) is 41.9 Å². The Morgan fingerprint density at radius 3 is 2.09 bits per heavy atom. The van der Waals surface area contributed by atoms with Gasteiger partial charge in [0.05, 0.1) is 13.1 Å². The third-order valence-electron chi connectivity index (χ3n) is 3.03. The van der Waals surface area contributed by atoms with Crippen LogP contribution in [0, 0.1) is 6.92 Å². The molecule has 5 heteroatoms. The minimum Gasteiger partial charge on any atom is -0.350 e. The summed E-state index contributed by atoms with van der Waals surface area (Å²) in [5, 5.41) is 5.74. The van der Waals surface area contributed by atoms with Gasteiger partial charge >= 0.3 is 0 Å². The number of carbonyl (C=O) groups excluding carboxylic acids is 2. The van der Waals surface area contributed by atoms with Crippen molar-refractivity contribution < 1.29 is 9.59 Å². The van der Waals surface area contributed by atoms with Gasteiger partial charge in [-0.1, -0.05) is 24.6 Å². The zero-order valence-corrected chi connectivity index (χ0v) is 14.2. The molecule has 1 rings (SSSR count). The van der Waals surface area contributed by atoms with E-state index in [1.165, 1.54) is 0 Å². The van der Waals surface area contributed by atoms with Crippen LogP contribution in [0.25, 0.3) is 0 Å². The number of anilines is 1.